The number of rotatable bonds is 1. The third-order valence-corrected chi connectivity index (χ3v) is 4.61. The van der Waals surface area contributed by atoms with E-state index in [2.05, 4.69) is 15.0 Å². The van der Waals surface area contributed by atoms with Crippen LogP contribution in [0.1, 0.15) is 40.3 Å². The second-order valence-electron chi connectivity index (χ2n) is 6.19. The van der Waals surface area contributed by atoms with Crippen molar-refractivity contribution in [2.75, 3.05) is 6.54 Å². The van der Waals surface area contributed by atoms with Crippen molar-refractivity contribution in [3.63, 3.8) is 0 Å². The minimum absolute atomic E-state index is 0.0703. The quantitative estimate of drug-likeness (QED) is 0.748. The van der Waals surface area contributed by atoms with Crippen molar-refractivity contribution in [2.24, 2.45) is 0 Å². The number of pyridine rings is 1. The molecule has 3 heterocycles. The van der Waals surface area contributed by atoms with Crippen LogP contribution in [0.5, 0.6) is 0 Å². The van der Waals surface area contributed by atoms with Crippen LogP contribution >= 0.6 is 0 Å². The van der Waals surface area contributed by atoms with Gasteiger partial charge in [0.2, 0.25) is 0 Å². The van der Waals surface area contributed by atoms with Crippen LogP contribution in [-0.2, 0) is 6.42 Å². The molecule has 0 spiro atoms. The molecule has 0 unspecified atom stereocenters. The van der Waals surface area contributed by atoms with Crippen LogP contribution in [0.15, 0.2) is 30.5 Å². The molecule has 3 aromatic rings. The van der Waals surface area contributed by atoms with E-state index < -0.39 is 0 Å². The molecule has 2 aromatic heterocycles. The Hall–Kier alpha value is -2.76. The van der Waals surface area contributed by atoms with Crippen molar-refractivity contribution in [2.45, 2.75) is 26.3 Å². The first-order chi connectivity index (χ1) is 11.5. The number of nitrogens with one attached hydrogen (secondary N) is 1. The van der Waals surface area contributed by atoms with Gasteiger partial charge in [0.05, 0.1) is 17.1 Å². The Labute approximate surface area is 138 Å². The highest BCUT2D eigenvalue weighted by Gasteiger charge is 2.28. The van der Waals surface area contributed by atoms with Crippen LogP contribution in [0.25, 0.3) is 11.2 Å². The van der Waals surface area contributed by atoms with Crippen molar-refractivity contribution >= 4 is 17.1 Å². The predicted octanol–water partition coefficient (Wildman–Crippen LogP) is 3.16. The number of H-pyrrole nitrogens is 1. The highest BCUT2D eigenvalue weighted by atomic mass is 19.1. The molecule has 0 saturated carbocycles. The van der Waals surface area contributed by atoms with Crippen LogP contribution in [0.4, 0.5) is 4.39 Å². The molecule has 1 atom stereocenters. The zero-order valence-electron chi connectivity index (χ0n) is 13.5. The Morgan fingerprint density at radius 1 is 1.38 bits per heavy atom. The topological polar surface area (TPSA) is 61.9 Å². The summed E-state index contributed by atoms with van der Waals surface area (Å²) in [6.07, 6.45) is 2.22. The van der Waals surface area contributed by atoms with Gasteiger partial charge in [-0.3, -0.25) is 4.79 Å². The summed E-state index contributed by atoms with van der Waals surface area (Å²) in [6, 6.07) is 6.48. The average molecular weight is 324 g/mol. The lowest BCUT2D eigenvalue weighted by Gasteiger charge is -2.35. The largest absolute Gasteiger partial charge is 0.341 e. The Morgan fingerprint density at radius 2 is 2.21 bits per heavy atom. The highest BCUT2D eigenvalue weighted by Crippen LogP contribution is 2.31. The van der Waals surface area contributed by atoms with Crippen LogP contribution in [0, 0.1) is 12.7 Å². The van der Waals surface area contributed by atoms with Gasteiger partial charge < -0.3 is 9.88 Å². The minimum Gasteiger partial charge on any atom is -0.341 e. The average Bonchev–Trinajstić information content (AvgIpc) is 2.93. The Bertz CT molecular complexity index is 949. The maximum absolute atomic E-state index is 13.4. The third-order valence-electron chi connectivity index (χ3n) is 4.61. The number of halogens is 1. The number of aryl methyl sites for hydroxylation is 1. The molecule has 5 nitrogen and oxygen atoms in total. The molecule has 1 aliphatic rings. The van der Waals surface area contributed by atoms with E-state index in [9.17, 15) is 9.18 Å². The number of amides is 1. The van der Waals surface area contributed by atoms with E-state index in [1.807, 2.05) is 18.7 Å². The summed E-state index contributed by atoms with van der Waals surface area (Å²) in [5, 5.41) is 0. The van der Waals surface area contributed by atoms with Crippen LogP contribution in [0.2, 0.25) is 0 Å². The Kier molecular flexibility index (Phi) is 3.33. The van der Waals surface area contributed by atoms with Crippen molar-refractivity contribution in [3.8, 4) is 0 Å². The van der Waals surface area contributed by atoms with Crippen LogP contribution < -0.4 is 0 Å². The Balaban J connectivity index is 1.67. The van der Waals surface area contributed by atoms with Crippen molar-refractivity contribution < 1.29 is 9.18 Å². The maximum atomic E-state index is 13.4. The molecule has 0 fully saturated rings. The first-order valence-electron chi connectivity index (χ1n) is 7.94. The molecule has 4 rings (SSSR count). The van der Waals surface area contributed by atoms with Gasteiger partial charge in [-0.1, -0.05) is 6.07 Å². The zero-order valence-corrected chi connectivity index (χ0v) is 13.5. The van der Waals surface area contributed by atoms with Crippen molar-refractivity contribution in [1.82, 2.24) is 19.9 Å². The molecular formula is C18H17FN4O. The number of hydrogen-bond donors (Lipinski definition) is 1. The standard InChI is InChI=1S/C18H17FN4O/c1-10-15-4-3-14(19)7-12(15)5-6-23(10)18(24)13-8-16-17(20-9-13)22-11(2)21-16/h3-4,7-10H,5-6H2,1-2H3,(H,20,21,22)/t10-/m1/s1. The van der Waals surface area contributed by atoms with Gasteiger partial charge in [-0.15, -0.1) is 0 Å². The summed E-state index contributed by atoms with van der Waals surface area (Å²) in [7, 11) is 0. The number of benzene rings is 1. The van der Waals surface area contributed by atoms with Gasteiger partial charge in [-0.25, -0.2) is 14.4 Å². The van der Waals surface area contributed by atoms with Gasteiger partial charge in [-0.2, -0.15) is 0 Å². The van der Waals surface area contributed by atoms with Gasteiger partial charge >= 0.3 is 0 Å². The number of fused-ring (bicyclic) bond motifs is 2. The molecule has 122 valence electrons. The molecule has 1 aliphatic heterocycles. The molecule has 1 amide bonds. The number of carbonyl (C=O) groups is 1. The molecule has 0 aliphatic carbocycles. The highest BCUT2D eigenvalue weighted by molar-refractivity contribution is 5.96. The number of nitrogens with zero attached hydrogens (tertiary/aromatic N) is 3. The number of aromatic nitrogens is 3. The summed E-state index contributed by atoms with van der Waals surface area (Å²) >= 11 is 0. The fraction of sp³-hybridized carbons (Fsp3) is 0.278. The van der Waals surface area contributed by atoms with Crippen molar-refractivity contribution in [3.05, 3.63) is 58.8 Å². The van der Waals surface area contributed by atoms with E-state index in [-0.39, 0.29) is 17.8 Å². The van der Waals surface area contributed by atoms with E-state index in [0.717, 1.165) is 22.5 Å². The summed E-state index contributed by atoms with van der Waals surface area (Å²) in [6.45, 7) is 4.39. The number of aromatic amines is 1. The summed E-state index contributed by atoms with van der Waals surface area (Å²) in [5.74, 6) is 0.466. The minimum atomic E-state index is -0.231. The molecule has 0 radical (unpaired) electrons. The Morgan fingerprint density at radius 3 is 3.04 bits per heavy atom. The summed E-state index contributed by atoms with van der Waals surface area (Å²) in [4.78, 5) is 26.3. The smallest absolute Gasteiger partial charge is 0.256 e. The lowest BCUT2D eigenvalue weighted by Crippen LogP contribution is -2.39. The monoisotopic (exact) mass is 324 g/mol. The zero-order chi connectivity index (χ0) is 16.8. The normalized spacial score (nSPS) is 17.1. The first kappa shape index (κ1) is 14.8. The second kappa shape index (κ2) is 5.40. The third kappa shape index (κ3) is 2.35. The van der Waals surface area contributed by atoms with Crippen molar-refractivity contribution in [1.29, 1.82) is 0 Å². The maximum Gasteiger partial charge on any atom is 0.256 e. The van der Waals surface area contributed by atoms with Gasteiger partial charge in [0.15, 0.2) is 5.65 Å². The second-order valence-corrected chi connectivity index (χ2v) is 6.19. The summed E-state index contributed by atoms with van der Waals surface area (Å²) in [5.41, 5.74) is 3.87. The number of hydrogen-bond acceptors (Lipinski definition) is 3. The SMILES string of the molecule is Cc1nc2ncc(C(=O)N3CCc4cc(F)ccc4[C@H]3C)cc2[nH]1. The van der Waals surface area contributed by atoms with Crippen LogP contribution in [-0.4, -0.2) is 32.3 Å². The molecular weight excluding hydrogens is 307 g/mol. The fourth-order valence-electron chi connectivity index (χ4n) is 3.38. The molecule has 0 saturated heterocycles. The predicted molar refractivity (Wildman–Crippen MR) is 88.2 cm³/mol. The fourth-order valence-corrected chi connectivity index (χ4v) is 3.38. The number of carbonyl (C=O) groups excluding carboxylic acids is 1. The molecule has 0 bridgehead atoms. The lowest BCUT2D eigenvalue weighted by molar-refractivity contribution is 0.0677. The van der Waals surface area contributed by atoms with E-state index >= 15 is 0 Å². The van der Waals surface area contributed by atoms with Gasteiger partial charge in [0.1, 0.15) is 11.6 Å². The van der Waals surface area contributed by atoms with Gasteiger partial charge in [0.25, 0.3) is 5.91 Å². The first-order valence-corrected chi connectivity index (χ1v) is 7.94. The van der Waals surface area contributed by atoms with E-state index in [1.54, 1.807) is 24.4 Å². The molecule has 6 heteroatoms. The van der Waals surface area contributed by atoms with Gasteiger partial charge in [0, 0.05) is 12.7 Å². The molecule has 1 N–H and O–H groups in total. The lowest BCUT2D eigenvalue weighted by atomic mass is 9.93. The summed E-state index contributed by atoms with van der Waals surface area (Å²) < 4.78 is 13.4. The van der Waals surface area contributed by atoms with E-state index in [0.29, 0.717) is 24.2 Å². The van der Waals surface area contributed by atoms with Gasteiger partial charge in [-0.05, 0) is 49.6 Å². The number of imidazole rings is 1. The van der Waals surface area contributed by atoms with E-state index in [1.165, 1.54) is 6.07 Å². The molecule has 1 aromatic carbocycles. The van der Waals surface area contributed by atoms with E-state index in [4.69, 9.17) is 0 Å². The molecule has 24 heavy (non-hydrogen) atoms. The van der Waals surface area contributed by atoms with Crippen LogP contribution in [0.3, 0.4) is 0 Å².